The van der Waals surface area contributed by atoms with E-state index in [1.165, 1.54) is 18.2 Å². The fourth-order valence-electron chi connectivity index (χ4n) is 2.76. The number of fused-ring (bicyclic) bond motifs is 1. The molecule has 0 saturated heterocycles. The fourth-order valence-corrected chi connectivity index (χ4v) is 2.76. The van der Waals surface area contributed by atoms with Gasteiger partial charge in [-0.1, -0.05) is 12.1 Å². The minimum absolute atomic E-state index is 0.185. The van der Waals surface area contributed by atoms with E-state index in [1.54, 1.807) is 19.1 Å². The molecule has 142 valence electrons. The second kappa shape index (κ2) is 7.51. The van der Waals surface area contributed by atoms with Crippen LogP contribution in [0.2, 0.25) is 0 Å². The van der Waals surface area contributed by atoms with Gasteiger partial charge in [-0.05, 0) is 48.9 Å². The number of nitrogens with one attached hydrogen (secondary N) is 2. The Bertz CT molecular complexity index is 1040. The third-order valence-corrected chi connectivity index (χ3v) is 4.06. The molecule has 0 fully saturated rings. The van der Waals surface area contributed by atoms with Gasteiger partial charge >= 0.3 is 0 Å². The van der Waals surface area contributed by atoms with Gasteiger partial charge in [0.15, 0.2) is 11.5 Å². The zero-order chi connectivity index (χ0) is 19.5. The van der Waals surface area contributed by atoms with Gasteiger partial charge in [0.05, 0.1) is 0 Å². The normalized spacial score (nSPS) is 11.9. The number of nitrogens with zero attached hydrogens (tertiary/aromatic N) is 2. The lowest BCUT2D eigenvalue weighted by Crippen LogP contribution is -2.16. The minimum Gasteiger partial charge on any atom is -0.454 e. The van der Waals surface area contributed by atoms with Crippen LogP contribution in [0.25, 0.3) is 0 Å². The molecular formula is C20H17FN4O3. The number of hydrogen-bond acceptors (Lipinski definition) is 6. The van der Waals surface area contributed by atoms with E-state index in [0.717, 1.165) is 5.56 Å². The lowest BCUT2D eigenvalue weighted by atomic mass is 10.2. The second-order valence-electron chi connectivity index (χ2n) is 6.22. The van der Waals surface area contributed by atoms with Gasteiger partial charge in [0.1, 0.15) is 11.5 Å². The van der Waals surface area contributed by atoms with Crippen molar-refractivity contribution in [2.75, 3.05) is 17.4 Å². The number of hydrogen-bond donors (Lipinski definition) is 2. The van der Waals surface area contributed by atoms with Crippen LogP contribution in [-0.4, -0.2) is 22.7 Å². The SMILES string of the molecule is Cc1cc(C(=O)Nc2cccc(F)c2)nc(NCc2ccc3c(c2)OCO3)n1. The van der Waals surface area contributed by atoms with Crippen molar-refractivity contribution in [2.45, 2.75) is 13.5 Å². The van der Waals surface area contributed by atoms with Crippen molar-refractivity contribution in [3.05, 3.63) is 71.3 Å². The van der Waals surface area contributed by atoms with E-state index >= 15 is 0 Å². The van der Waals surface area contributed by atoms with Gasteiger partial charge in [0.25, 0.3) is 5.91 Å². The highest BCUT2D eigenvalue weighted by Gasteiger charge is 2.14. The van der Waals surface area contributed by atoms with E-state index < -0.39 is 11.7 Å². The number of aromatic nitrogens is 2. The zero-order valence-corrected chi connectivity index (χ0v) is 15.0. The van der Waals surface area contributed by atoms with Crippen LogP contribution in [0.15, 0.2) is 48.5 Å². The van der Waals surface area contributed by atoms with Gasteiger partial charge in [-0.25, -0.2) is 14.4 Å². The molecule has 0 spiro atoms. The Balaban J connectivity index is 1.46. The summed E-state index contributed by atoms with van der Waals surface area (Å²) in [5, 5.41) is 5.73. The number of carbonyl (C=O) groups is 1. The largest absolute Gasteiger partial charge is 0.454 e. The van der Waals surface area contributed by atoms with Gasteiger partial charge in [-0.2, -0.15) is 0 Å². The Labute approximate surface area is 160 Å². The lowest BCUT2D eigenvalue weighted by Gasteiger charge is -2.09. The molecule has 28 heavy (non-hydrogen) atoms. The Kier molecular flexibility index (Phi) is 4.76. The maximum absolute atomic E-state index is 13.3. The molecule has 4 rings (SSSR count). The lowest BCUT2D eigenvalue weighted by molar-refractivity contribution is 0.102. The quantitative estimate of drug-likeness (QED) is 0.705. The second-order valence-corrected chi connectivity index (χ2v) is 6.22. The van der Waals surface area contributed by atoms with Crippen LogP contribution >= 0.6 is 0 Å². The molecule has 2 N–H and O–H groups in total. The first-order chi connectivity index (χ1) is 13.6. The number of aryl methyl sites for hydroxylation is 1. The Morgan fingerprint density at radius 2 is 1.96 bits per heavy atom. The molecule has 3 aromatic rings. The van der Waals surface area contributed by atoms with Crippen LogP contribution in [0, 0.1) is 12.7 Å². The molecule has 1 aromatic heterocycles. The van der Waals surface area contributed by atoms with Gasteiger partial charge in [-0.15, -0.1) is 0 Å². The van der Waals surface area contributed by atoms with Crippen molar-refractivity contribution in [3.63, 3.8) is 0 Å². The standard InChI is InChI=1S/C20H17FN4O3/c1-12-7-16(19(26)24-15-4-2-3-14(21)9-15)25-20(23-12)22-10-13-5-6-17-18(8-13)28-11-27-17/h2-9H,10-11H2,1H3,(H,24,26)(H,22,23,25). The molecule has 2 heterocycles. The molecule has 0 bridgehead atoms. The molecule has 8 heteroatoms. The number of carbonyl (C=O) groups excluding carboxylic acids is 1. The average Bonchev–Trinajstić information content (AvgIpc) is 3.14. The summed E-state index contributed by atoms with van der Waals surface area (Å²) in [5.74, 6) is 0.860. The zero-order valence-electron chi connectivity index (χ0n) is 15.0. The van der Waals surface area contributed by atoms with Gasteiger partial charge in [0, 0.05) is 17.9 Å². The van der Waals surface area contributed by atoms with Crippen LogP contribution in [0.1, 0.15) is 21.7 Å². The van der Waals surface area contributed by atoms with Crippen LogP contribution in [0.3, 0.4) is 0 Å². The summed E-state index contributed by atoms with van der Waals surface area (Å²) >= 11 is 0. The van der Waals surface area contributed by atoms with Crippen LogP contribution in [0.5, 0.6) is 11.5 Å². The number of anilines is 2. The third-order valence-electron chi connectivity index (χ3n) is 4.06. The maximum Gasteiger partial charge on any atom is 0.274 e. The van der Waals surface area contributed by atoms with E-state index in [1.807, 2.05) is 18.2 Å². The van der Waals surface area contributed by atoms with E-state index in [2.05, 4.69) is 20.6 Å². The molecule has 1 aliphatic rings. The fraction of sp³-hybridized carbons (Fsp3) is 0.150. The molecule has 1 amide bonds. The van der Waals surface area contributed by atoms with Gasteiger partial charge in [-0.3, -0.25) is 4.79 Å². The molecule has 1 aliphatic heterocycles. The van der Waals surface area contributed by atoms with Crippen LogP contribution < -0.4 is 20.1 Å². The molecule has 0 saturated carbocycles. The maximum atomic E-state index is 13.3. The number of benzene rings is 2. The number of ether oxygens (including phenoxy) is 2. The summed E-state index contributed by atoms with van der Waals surface area (Å²) < 4.78 is 23.9. The predicted molar refractivity (Wildman–Crippen MR) is 101 cm³/mol. The molecule has 0 aliphatic carbocycles. The summed E-state index contributed by atoms with van der Waals surface area (Å²) in [6.45, 7) is 2.44. The first kappa shape index (κ1) is 17.7. The molecular weight excluding hydrogens is 363 g/mol. The predicted octanol–water partition coefficient (Wildman–Crippen LogP) is 3.52. The number of amides is 1. The van der Waals surface area contributed by atoms with Crippen molar-refractivity contribution in [3.8, 4) is 11.5 Å². The summed E-state index contributed by atoms with van der Waals surface area (Å²) in [6, 6.07) is 12.9. The molecule has 7 nitrogen and oxygen atoms in total. The first-order valence-electron chi connectivity index (χ1n) is 8.62. The number of halogens is 1. The summed E-state index contributed by atoms with van der Waals surface area (Å²) in [6.07, 6.45) is 0. The molecule has 0 unspecified atom stereocenters. The Morgan fingerprint density at radius 1 is 1.11 bits per heavy atom. The summed E-state index contributed by atoms with van der Waals surface area (Å²) in [4.78, 5) is 21.0. The third kappa shape index (κ3) is 4.01. The summed E-state index contributed by atoms with van der Waals surface area (Å²) in [7, 11) is 0. The van der Waals surface area contributed by atoms with Crippen LogP contribution in [-0.2, 0) is 6.54 Å². The van der Waals surface area contributed by atoms with Crippen molar-refractivity contribution in [1.82, 2.24) is 9.97 Å². The highest BCUT2D eigenvalue weighted by molar-refractivity contribution is 6.03. The van der Waals surface area contributed by atoms with Crippen molar-refractivity contribution in [2.24, 2.45) is 0 Å². The van der Waals surface area contributed by atoms with Crippen molar-refractivity contribution >= 4 is 17.5 Å². The minimum atomic E-state index is -0.442. The highest BCUT2D eigenvalue weighted by atomic mass is 19.1. The van der Waals surface area contributed by atoms with Crippen LogP contribution in [0.4, 0.5) is 16.0 Å². The smallest absolute Gasteiger partial charge is 0.274 e. The van der Waals surface area contributed by atoms with Gasteiger partial charge < -0.3 is 20.1 Å². The van der Waals surface area contributed by atoms with E-state index in [9.17, 15) is 9.18 Å². The molecule has 2 aromatic carbocycles. The topological polar surface area (TPSA) is 85.4 Å². The van der Waals surface area contributed by atoms with E-state index in [4.69, 9.17) is 9.47 Å². The Morgan fingerprint density at radius 3 is 2.82 bits per heavy atom. The van der Waals surface area contributed by atoms with E-state index in [-0.39, 0.29) is 12.5 Å². The highest BCUT2D eigenvalue weighted by Crippen LogP contribution is 2.32. The summed E-state index contributed by atoms with van der Waals surface area (Å²) in [5.41, 5.74) is 2.13. The van der Waals surface area contributed by atoms with Crippen molar-refractivity contribution in [1.29, 1.82) is 0 Å². The Hall–Kier alpha value is -3.68. The average molecular weight is 380 g/mol. The first-order valence-corrected chi connectivity index (χ1v) is 8.62. The molecule has 0 radical (unpaired) electrons. The number of rotatable bonds is 5. The molecule has 0 atom stereocenters. The monoisotopic (exact) mass is 380 g/mol. The van der Waals surface area contributed by atoms with Gasteiger partial charge in [0.2, 0.25) is 12.7 Å². The van der Waals surface area contributed by atoms with Crippen molar-refractivity contribution < 1.29 is 18.7 Å². The van der Waals surface area contributed by atoms with E-state index in [0.29, 0.717) is 35.4 Å².